The van der Waals surface area contributed by atoms with Gasteiger partial charge in [-0.05, 0) is 12.1 Å². The summed E-state index contributed by atoms with van der Waals surface area (Å²) in [6.07, 6.45) is 0. The number of hydrogen-bond donors (Lipinski definition) is 0. The first-order chi connectivity index (χ1) is 6.66. The monoisotopic (exact) mass is 277 g/mol. The molecule has 1 aromatic rings. The quantitative estimate of drug-likeness (QED) is 0.620. The summed E-state index contributed by atoms with van der Waals surface area (Å²) in [6.45, 7) is 0.627. The van der Waals surface area contributed by atoms with Gasteiger partial charge in [-0.15, -0.1) is 0 Å². The molecule has 0 amide bonds. The van der Waals surface area contributed by atoms with Gasteiger partial charge >= 0.3 is 0 Å². The van der Waals surface area contributed by atoms with E-state index >= 15 is 0 Å². The van der Waals surface area contributed by atoms with E-state index in [1.165, 1.54) is 4.31 Å². The van der Waals surface area contributed by atoms with Crippen LogP contribution in [0.15, 0.2) is 35.2 Å². The van der Waals surface area contributed by atoms with Gasteiger partial charge < -0.3 is 0 Å². The lowest BCUT2D eigenvalue weighted by atomic mass is 10.4. The first-order valence-corrected chi connectivity index (χ1v) is 6.85. The maximum atomic E-state index is 11.9. The van der Waals surface area contributed by atoms with E-state index in [2.05, 4.69) is 15.9 Å². The zero-order chi connectivity index (χ0) is 10.2. The molecule has 1 aliphatic heterocycles. The molecule has 0 N–H and O–H groups in total. The van der Waals surface area contributed by atoms with Gasteiger partial charge in [0.05, 0.1) is 4.90 Å². The Kier molecular flexibility index (Phi) is 2.64. The first-order valence-electron chi connectivity index (χ1n) is 4.29. The van der Waals surface area contributed by atoms with Gasteiger partial charge in [0.15, 0.2) is 0 Å². The summed E-state index contributed by atoms with van der Waals surface area (Å²) in [5.74, 6) is 0. The molecule has 1 aliphatic rings. The van der Waals surface area contributed by atoms with Crippen molar-refractivity contribution in [1.29, 1.82) is 0 Å². The molecule has 76 valence electrons. The molecule has 3 nitrogen and oxygen atoms in total. The smallest absolute Gasteiger partial charge is 0.207 e. The average Bonchev–Trinajstić information content (AvgIpc) is 2.98. The van der Waals surface area contributed by atoms with E-state index in [1.807, 2.05) is 6.07 Å². The third kappa shape index (κ3) is 1.71. The topological polar surface area (TPSA) is 37.1 Å². The van der Waals surface area contributed by atoms with Crippen molar-refractivity contribution in [2.75, 3.05) is 11.9 Å². The van der Waals surface area contributed by atoms with Crippen LogP contribution in [-0.4, -0.2) is 30.6 Å². The maximum absolute atomic E-state index is 11.9. The van der Waals surface area contributed by atoms with E-state index in [0.29, 0.717) is 16.8 Å². The minimum Gasteiger partial charge on any atom is -0.207 e. The summed E-state index contributed by atoms with van der Waals surface area (Å²) in [5.41, 5.74) is 0. The van der Waals surface area contributed by atoms with Crippen LogP contribution in [0.1, 0.15) is 0 Å². The highest BCUT2D eigenvalue weighted by Crippen LogP contribution is 2.28. The molecule has 0 aromatic heterocycles. The SMILES string of the molecule is O=S(=O)(c1ccccc1)N1[14CH2]C1CBr. The Bertz CT molecular complexity index is 418. The average molecular weight is 278 g/mol. The van der Waals surface area contributed by atoms with Crippen molar-refractivity contribution >= 4 is 26.0 Å². The van der Waals surface area contributed by atoms with E-state index in [4.69, 9.17) is 0 Å². The van der Waals surface area contributed by atoms with Crippen molar-refractivity contribution in [1.82, 2.24) is 4.31 Å². The molecule has 5 heteroatoms. The zero-order valence-electron chi connectivity index (χ0n) is 7.43. The Hall–Kier alpha value is -0.390. The van der Waals surface area contributed by atoms with Gasteiger partial charge in [0.25, 0.3) is 0 Å². The predicted octanol–water partition coefficient (Wildman–Crippen LogP) is 1.45. The number of benzene rings is 1. The molecule has 2 unspecified atom stereocenters. The van der Waals surface area contributed by atoms with Crippen LogP contribution in [0.25, 0.3) is 0 Å². The lowest BCUT2D eigenvalue weighted by Crippen LogP contribution is -2.14. The van der Waals surface area contributed by atoms with Gasteiger partial charge in [-0.2, -0.15) is 4.31 Å². The molecule has 0 saturated carbocycles. The highest BCUT2D eigenvalue weighted by molar-refractivity contribution is 9.09. The van der Waals surface area contributed by atoms with Crippen molar-refractivity contribution in [3.63, 3.8) is 0 Å². The lowest BCUT2D eigenvalue weighted by molar-refractivity contribution is 0.556. The van der Waals surface area contributed by atoms with Gasteiger partial charge in [0.1, 0.15) is 0 Å². The highest BCUT2D eigenvalue weighted by Gasteiger charge is 2.43. The molecule has 0 radical (unpaired) electrons. The summed E-state index contributed by atoms with van der Waals surface area (Å²) >= 11 is 3.28. The molecule has 1 saturated heterocycles. The number of rotatable bonds is 3. The Morgan fingerprint density at radius 2 is 2.00 bits per heavy atom. The third-order valence-electron chi connectivity index (χ3n) is 2.19. The van der Waals surface area contributed by atoms with Gasteiger partial charge in [-0.1, -0.05) is 34.1 Å². The molecule has 2 atom stereocenters. The molecule has 1 fully saturated rings. The Morgan fingerprint density at radius 1 is 1.36 bits per heavy atom. The number of nitrogens with zero attached hydrogens (tertiary/aromatic N) is 1. The van der Waals surface area contributed by atoms with Crippen LogP contribution in [0.5, 0.6) is 0 Å². The molecule has 0 bridgehead atoms. The Labute approximate surface area is 91.9 Å². The highest BCUT2D eigenvalue weighted by atomic mass is 79.9. The fraction of sp³-hybridized carbons (Fsp3) is 0.333. The van der Waals surface area contributed by atoms with Crippen molar-refractivity contribution in [3.05, 3.63) is 30.3 Å². The Balaban J connectivity index is 2.27. The zero-order valence-corrected chi connectivity index (χ0v) is 9.83. The minimum atomic E-state index is -3.22. The van der Waals surface area contributed by atoms with Crippen LogP contribution >= 0.6 is 15.9 Å². The van der Waals surface area contributed by atoms with Crippen molar-refractivity contribution in [3.8, 4) is 0 Å². The van der Waals surface area contributed by atoms with Gasteiger partial charge in [0.2, 0.25) is 10.0 Å². The van der Waals surface area contributed by atoms with E-state index in [-0.39, 0.29) is 6.04 Å². The van der Waals surface area contributed by atoms with Gasteiger partial charge in [0, 0.05) is 17.9 Å². The van der Waals surface area contributed by atoms with Gasteiger partial charge in [-0.3, -0.25) is 0 Å². The molecular weight excluding hydrogens is 268 g/mol. The second-order valence-electron chi connectivity index (χ2n) is 3.20. The van der Waals surface area contributed by atoms with Gasteiger partial charge in [-0.25, -0.2) is 8.42 Å². The van der Waals surface area contributed by atoms with Crippen LogP contribution in [0.3, 0.4) is 0 Å². The third-order valence-corrected chi connectivity index (χ3v) is 4.87. The van der Waals surface area contributed by atoms with Crippen LogP contribution in [0.2, 0.25) is 0 Å². The first kappa shape index (κ1) is 10.1. The van der Waals surface area contributed by atoms with E-state index in [1.54, 1.807) is 24.3 Å². The molecule has 1 aromatic carbocycles. The van der Waals surface area contributed by atoms with Crippen LogP contribution in [0, 0.1) is 0 Å². The lowest BCUT2D eigenvalue weighted by Gasteiger charge is -2.04. The largest absolute Gasteiger partial charge is 0.243 e. The van der Waals surface area contributed by atoms with E-state index in [9.17, 15) is 8.42 Å². The summed E-state index contributed by atoms with van der Waals surface area (Å²) in [7, 11) is -3.22. The maximum Gasteiger partial charge on any atom is 0.243 e. The fourth-order valence-corrected chi connectivity index (χ4v) is 3.66. The summed E-state index contributed by atoms with van der Waals surface area (Å²) in [4.78, 5) is 0.378. The second kappa shape index (κ2) is 3.64. The number of hydrogen-bond acceptors (Lipinski definition) is 2. The molecule has 14 heavy (non-hydrogen) atoms. The summed E-state index contributed by atoms with van der Waals surface area (Å²) < 4.78 is 25.2. The standard InChI is InChI=1S/C9H10BrNO2S/c10-6-8-7-11(8)14(12,13)9-4-2-1-3-5-9/h1-5,8H,6-7H2/i7+2. The molecular formula is C9H10BrNO2S. The van der Waals surface area contributed by atoms with Crippen LogP contribution in [-0.2, 0) is 10.0 Å². The number of alkyl halides is 1. The van der Waals surface area contributed by atoms with Crippen molar-refractivity contribution in [2.24, 2.45) is 0 Å². The molecule has 0 aliphatic carbocycles. The van der Waals surface area contributed by atoms with Crippen LogP contribution in [0.4, 0.5) is 0 Å². The minimum absolute atomic E-state index is 0.139. The predicted molar refractivity (Wildman–Crippen MR) is 57.9 cm³/mol. The summed E-state index contributed by atoms with van der Waals surface area (Å²) in [6, 6.07) is 8.67. The summed E-state index contributed by atoms with van der Waals surface area (Å²) in [5, 5.41) is 0.707. The number of sulfonamides is 1. The fourth-order valence-electron chi connectivity index (χ4n) is 1.31. The normalized spacial score (nSPS) is 26.1. The van der Waals surface area contributed by atoms with E-state index in [0.717, 1.165) is 0 Å². The molecule has 2 rings (SSSR count). The molecule has 0 spiro atoms. The van der Waals surface area contributed by atoms with Crippen molar-refractivity contribution < 1.29 is 8.42 Å². The second-order valence-corrected chi connectivity index (χ2v) is 5.73. The van der Waals surface area contributed by atoms with Crippen molar-refractivity contribution in [2.45, 2.75) is 10.9 Å². The number of halogens is 1. The van der Waals surface area contributed by atoms with E-state index < -0.39 is 10.0 Å². The van der Waals surface area contributed by atoms with Crippen LogP contribution < -0.4 is 0 Å². The Morgan fingerprint density at radius 3 is 2.50 bits per heavy atom. The molecule has 1 heterocycles.